The molecule has 0 unspecified atom stereocenters. The molecule has 0 spiro atoms. The fourth-order valence-electron chi connectivity index (χ4n) is 1.68. The Morgan fingerprint density at radius 1 is 1.37 bits per heavy atom. The maximum absolute atomic E-state index is 11.2. The number of benzene rings is 1. The predicted molar refractivity (Wildman–Crippen MR) is 68.7 cm³/mol. The molecule has 5 heteroatoms. The minimum Gasteiger partial charge on any atom is -0.508 e. The van der Waals surface area contributed by atoms with Gasteiger partial charge < -0.3 is 19.6 Å². The number of ether oxygens (including phenoxy) is 1. The van der Waals surface area contributed by atoms with Gasteiger partial charge in [-0.1, -0.05) is 18.2 Å². The molecular weight excluding hydrogens is 246 g/mol. The van der Waals surface area contributed by atoms with Gasteiger partial charge in [0.25, 0.3) is 0 Å². The van der Waals surface area contributed by atoms with Crippen LogP contribution in [0.4, 0.5) is 0 Å². The molecule has 0 radical (unpaired) electrons. The molecule has 0 saturated carbocycles. The van der Waals surface area contributed by atoms with Gasteiger partial charge >= 0.3 is 5.97 Å². The third-order valence-corrected chi connectivity index (χ3v) is 2.68. The Bertz CT molecular complexity index is 562. The van der Waals surface area contributed by atoms with Crippen LogP contribution < -0.4 is 5.32 Å². The highest BCUT2D eigenvalue weighted by atomic mass is 16.5. The summed E-state index contributed by atoms with van der Waals surface area (Å²) < 4.78 is 9.82. The lowest BCUT2D eigenvalue weighted by atomic mass is 10.2. The quantitative estimate of drug-likeness (QED) is 0.806. The number of nitrogens with one attached hydrogen (secondary N) is 1. The van der Waals surface area contributed by atoms with Crippen LogP contribution >= 0.6 is 0 Å². The molecule has 0 aliphatic rings. The van der Waals surface area contributed by atoms with Crippen LogP contribution in [0.1, 0.15) is 21.7 Å². The Balaban J connectivity index is 1.88. The number of hydrogen-bond acceptors (Lipinski definition) is 5. The molecule has 0 fully saturated rings. The van der Waals surface area contributed by atoms with E-state index in [0.717, 1.165) is 5.56 Å². The van der Waals surface area contributed by atoms with Crippen molar-refractivity contribution in [3.63, 3.8) is 0 Å². The summed E-state index contributed by atoms with van der Waals surface area (Å²) in [5.41, 5.74) is 1.20. The first-order valence-electron chi connectivity index (χ1n) is 5.84. The van der Waals surface area contributed by atoms with Crippen molar-refractivity contribution in [1.82, 2.24) is 5.32 Å². The van der Waals surface area contributed by atoms with E-state index in [1.165, 1.54) is 13.4 Å². The SMILES string of the molecule is COC(=O)c1coc(CNCc2ccccc2O)c1. The minimum atomic E-state index is -0.421. The van der Waals surface area contributed by atoms with Crippen molar-refractivity contribution in [3.05, 3.63) is 53.5 Å². The number of phenols is 1. The van der Waals surface area contributed by atoms with Crippen LogP contribution in [-0.4, -0.2) is 18.2 Å². The lowest BCUT2D eigenvalue weighted by Gasteiger charge is -2.04. The predicted octanol–water partition coefficient (Wildman–Crippen LogP) is 2.06. The Morgan fingerprint density at radius 3 is 2.89 bits per heavy atom. The number of aromatic hydroxyl groups is 1. The van der Waals surface area contributed by atoms with Gasteiger partial charge in [0.1, 0.15) is 17.8 Å². The zero-order chi connectivity index (χ0) is 13.7. The minimum absolute atomic E-state index is 0.254. The topological polar surface area (TPSA) is 71.7 Å². The first-order chi connectivity index (χ1) is 9.20. The van der Waals surface area contributed by atoms with Crippen LogP contribution in [0.15, 0.2) is 41.0 Å². The number of phenolic OH excluding ortho intramolecular Hbond substituents is 1. The largest absolute Gasteiger partial charge is 0.508 e. The standard InChI is InChI=1S/C14H15NO4/c1-18-14(17)11-6-12(19-9-11)8-15-7-10-4-2-3-5-13(10)16/h2-6,9,15-16H,7-8H2,1H3. The van der Waals surface area contributed by atoms with Crippen molar-refractivity contribution < 1.29 is 19.1 Å². The molecule has 1 aromatic carbocycles. The molecule has 2 N–H and O–H groups in total. The summed E-state index contributed by atoms with van der Waals surface area (Å²) in [6.07, 6.45) is 1.36. The molecule has 19 heavy (non-hydrogen) atoms. The van der Waals surface area contributed by atoms with Gasteiger partial charge in [-0.2, -0.15) is 0 Å². The highest BCUT2D eigenvalue weighted by Gasteiger charge is 2.09. The first kappa shape index (κ1) is 13.2. The van der Waals surface area contributed by atoms with E-state index in [-0.39, 0.29) is 5.75 Å². The molecule has 100 valence electrons. The summed E-state index contributed by atoms with van der Waals surface area (Å²) in [6, 6.07) is 8.74. The van der Waals surface area contributed by atoms with Crippen LogP contribution in [0.2, 0.25) is 0 Å². The second-order valence-electron chi connectivity index (χ2n) is 4.03. The number of carbonyl (C=O) groups is 1. The van der Waals surface area contributed by atoms with Crippen molar-refractivity contribution in [2.75, 3.05) is 7.11 Å². The maximum atomic E-state index is 11.2. The van der Waals surface area contributed by atoms with Crippen molar-refractivity contribution in [2.24, 2.45) is 0 Å². The molecule has 1 heterocycles. The number of furan rings is 1. The van der Waals surface area contributed by atoms with Gasteiger partial charge in [-0.05, 0) is 12.1 Å². The van der Waals surface area contributed by atoms with Gasteiger partial charge in [-0.3, -0.25) is 0 Å². The van der Waals surface area contributed by atoms with Crippen LogP contribution in [-0.2, 0) is 17.8 Å². The van der Waals surface area contributed by atoms with E-state index in [1.807, 2.05) is 12.1 Å². The van der Waals surface area contributed by atoms with Crippen LogP contribution in [0.5, 0.6) is 5.75 Å². The monoisotopic (exact) mass is 261 g/mol. The molecule has 0 bridgehead atoms. The second kappa shape index (κ2) is 6.06. The average molecular weight is 261 g/mol. The zero-order valence-corrected chi connectivity index (χ0v) is 10.6. The Morgan fingerprint density at radius 2 is 2.16 bits per heavy atom. The van der Waals surface area contributed by atoms with Crippen LogP contribution in [0, 0.1) is 0 Å². The fraction of sp³-hybridized carbons (Fsp3) is 0.214. The smallest absolute Gasteiger partial charge is 0.341 e. The number of esters is 1. The second-order valence-corrected chi connectivity index (χ2v) is 4.03. The number of para-hydroxylation sites is 1. The maximum Gasteiger partial charge on any atom is 0.341 e. The summed E-state index contributed by atoms with van der Waals surface area (Å²) in [7, 11) is 1.32. The average Bonchev–Trinajstić information content (AvgIpc) is 2.89. The summed E-state index contributed by atoms with van der Waals surface area (Å²) in [6.45, 7) is 0.978. The van der Waals surface area contributed by atoms with E-state index in [1.54, 1.807) is 18.2 Å². The van der Waals surface area contributed by atoms with Crippen LogP contribution in [0.25, 0.3) is 0 Å². The third-order valence-electron chi connectivity index (χ3n) is 2.68. The molecule has 2 aromatic rings. The van der Waals surface area contributed by atoms with E-state index < -0.39 is 5.97 Å². The Hall–Kier alpha value is -2.27. The van der Waals surface area contributed by atoms with Gasteiger partial charge in [0.05, 0.1) is 19.2 Å². The molecule has 0 saturated heterocycles. The third kappa shape index (κ3) is 3.35. The van der Waals surface area contributed by atoms with Crippen molar-refractivity contribution in [3.8, 4) is 5.75 Å². The molecule has 2 rings (SSSR count). The van der Waals surface area contributed by atoms with Gasteiger partial charge in [-0.25, -0.2) is 4.79 Å². The van der Waals surface area contributed by atoms with Crippen molar-refractivity contribution in [2.45, 2.75) is 13.1 Å². The van der Waals surface area contributed by atoms with Gasteiger partial charge in [0, 0.05) is 12.1 Å². The lowest BCUT2D eigenvalue weighted by molar-refractivity contribution is 0.0600. The van der Waals surface area contributed by atoms with Crippen molar-refractivity contribution in [1.29, 1.82) is 0 Å². The van der Waals surface area contributed by atoms with Gasteiger partial charge in [-0.15, -0.1) is 0 Å². The molecule has 0 aliphatic carbocycles. The molecule has 0 aliphatic heterocycles. The normalized spacial score (nSPS) is 10.4. The van der Waals surface area contributed by atoms with E-state index >= 15 is 0 Å². The molecule has 0 atom stereocenters. The number of hydrogen-bond donors (Lipinski definition) is 2. The molecule has 5 nitrogen and oxygen atoms in total. The van der Waals surface area contributed by atoms with E-state index in [0.29, 0.717) is 24.4 Å². The molecule has 1 aromatic heterocycles. The van der Waals surface area contributed by atoms with E-state index in [2.05, 4.69) is 10.1 Å². The number of rotatable bonds is 5. The Labute approximate surface area is 110 Å². The van der Waals surface area contributed by atoms with Gasteiger partial charge in [0.2, 0.25) is 0 Å². The first-order valence-corrected chi connectivity index (χ1v) is 5.84. The molecular formula is C14H15NO4. The number of carbonyl (C=O) groups excluding carboxylic acids is 1. The lowest BCUT2D eigenvalue weighted by Crippen LogP contribution is -2.12. The summed E-state index contributed by atoms with van der Waals surface area (Å²) in [4.78, 5) is 11.2. The molecule has 0 amide bonds. The zero-order valence-electron chi connectivity index (χ0n) is 10.6. The highest BCUT2D eigenvalue weighted by Crippen LogP contribution is 2.15. The fourth-order valence-corrected chi connectivity index (χ4v) is 1.68. The van der Waals surface area contributed by atoms with Gasteiger partial charge in [0.15, 0.2) is 0 Å². The summed E-state index contributed by atoms with van der Waals surface area (Å²) in [5, 5.41) is 12.7. The highest BCUT2D eigenvalue weighted by molar-refractivity contribution is 5.88. The number of methoxy groups -OCH3 is 1. The Kier molecular flexibility index (Phi) is 4.20. The van der Waals surface area contributed by atoms with Crippen LogP contribution in [0.3, 0.4) is 0 Å². The van der Waals surface area contributed by atoms with E-state index in [4.69, 9.17) is 4.42 Å². The summed E-state index contributed by atoms with van der Waals surface area (Å²) >= 11 is 0. The van der Waals surface area contributed by atoms with E-state index in [9.17, 15) is 9.90 Å². The van der Waals surface area contributed by atoms with Crippen molar-refractivity contribution >= 4 is 5.97 Å². The summed E-state index contributed by atoms with van der Waals surface area (Å²) in [5.74, 6) is 0.469.